The van der Waals surface area contributed by atoms with E-state index < -0.39 is 5.97 Å². The Hall–Kier alpha value is -2.77. The summed E-state index contributed by atoms with van der Waals surface area (Å²) in [7, 11) is 0. The molecule has 1 fully saturated rings. The number of rotatable bonds is 7. The van der Waals surface area contributed by atoms with Gasteiger partial charge in [-0.2, -0.15) is 0 Å². The molecule has 8 heteroatoms. The minimum absolute atomic E-state index is 0.190. The summed E-state index contributed by atoms with van der Waals surface area (Å²) in [4.78, 5) is 28.5. The number of benzene rings is 1. The smallest absolute Gasteiger partial charge is 0.347 e. The van der Waals surface area contributed by atoms with Crippen molar-refractivity contribution >= 4 is 17.6 Å². The number of nitrogens with one attached hydrogen (secondary N) is 1. The highest BCUT2D eigenvalue weighted by Crippen LogP contribution is 2.32. The molecule has 1 aromatic rings. The van der Waals surface area contributed by atoms with Gasteiger partial charge in [-0.15, -0.1) is 0 Å². The summed E-state index contributed by atoms with van der Waals surface area (Å²) in [5, 5.41) is 6.78. The van der Waals surface area contributed by atoms with Crippen molar-refractivity contribution in [1.29, 1.82) is 0 Å². The number of esters is 1. The zero-order valence-electron chi connectivity index (χ0n) is 15.4. The van der Waals surface area contributed by atoms with Crippen LogP contribution in [-0.2, 0) is 19.2 Å². The number of amides is 1. The average molecular weight is 376 g/mol. The van der Waals surface area contributed by atoms with Crippen LogP contribution in [0, 0.1) is 0 Å². The quantitative estimate of drug-likeness (QED) is 0.445. The fourth-order valence-electron chi connectivity index (χ4n) is 3.06. The molecule has 0 aromatic heterocycles. The Kier molecular flexibility index (Phi) is 6.51. The van der Waals surface area contributed by atoms with Crippen LogP contribution in [0.15, 0.2) is 23.4 Å². The second kappa shape index (κ2) is 9.25. The Morgan fingerprint density at radius 3 is 2.74 bits per heavy atom. The van der Waals surface area contributed by atoms with Gasteiger partial charge in [-0.1, -0.05) is 24.4 Å². The van der Waals surface area contributed by atoms with E-state index in [9.17, 15) is 9.59 Å². The number of carbonyl (C=O) groups excluding carboxylic acids is 2. The van der Waals surface area contributed by atoms with Crippen LogP contribution in [0.25, 0.3) is 0 Å². The first-order chi connectivity index (χ1) is 13.1. The van der Waals surface area contributed by atoms with E-state index in [1.54, 1.807) is 19.1 Å². The van der Waals surface area contributed by atoms with Crippen LogP contribution >= 0.6 is 0 Å². The maximum absolute atomic E-state index is 11.8. The van der Waals surface area contributed by atoms with Crippen molar-refractivity contribution in [2.24, 2.45) is 5.16 Å². The Balaban J connectivity index is 1.37. The standard InChI is InChI=1S/C19H24N2O6/c1-13(14-7-8-16-17(9-14)26-12-25-16)21-27-11-19(23)24-10-18(22)20-15-5-3-2-4-6-15/h7-9,15H,2-6,10-12H2,1H3,(H,20,22)/b21-13+. The SMILES string of the molecule is C/C(=N\OCC(=O)OCC(=O)NC1CCCCC1)c1ccc2c(c1)OCO2. The van der Waals surface area contributed by atoms with Crippen LogP contribution in [0.4, 0.5) is 0 Å². The van der Waals surface area contributed by atoms with Crippen molar-refractivity contribution in [3.63, 3.8) is 0 Å². The van der Waals surface area contributed by atoms with Gasteiger partial charge in [0.05, 0.1) is 5.71 Å². The fraction of sp³-hybridized carbons (Fsp3) is 0.526. The summed E-state index contributed by atoms with van der Waals surface area (Å²) >= 11 is 0. The molecule has 1 aliphatic carbocycles. The molecule has 0 atom stereocenters. The van der Waals surface area contributed by atoms with E-state index in [1.807, 2.05) is 6.07 Å². The van der Waals surface area contributed by atoms with E-state index in [1.165, 1.54) is 6.42 Å². The molecular formula is C19H24N2O6. The molecule has 1 N–H and O–H groups in total. The summed E-state index contributed by atoms with van der Waals surface area (Å²) in [5.74, 6) is 0.402. The van der Waals surface area contributed by atoms with Crippen molar-refractivity contribution in [3.8, 4) is 11.5 Å². The van der Waals surface area contributed by atoms with Crippen LogP contribution in [0.1, 0.15) is 44.6 Å². The summed E-state index contributed by atoms with van der Waals surface area (Å²) in [6.45, 7) is 1.29. The predicted octanol–water partition coefficient (Wildman–Crippen LogP) is 2.15. The molecule has 0 bridgehead atoms. The van der Waals surface area contributed by atoms with Crippen LogP contribution in [0.5, 0.6) is 11.5 Å². The number of carbonyl (C=O) groups is 2. The topological polar surface area (TPSA) is 95.5 Å². The monoisotopic (exact) mass is 376 g/mol. The van der Waals surface area contributed by atoms with E-state index in [0.29, 0.717) is 17.2 Å². The summed E-state index contributed by atoms with van der Waals surface area (Å²) < 4.78 is 15.5. The van der Waals surface area contributed by atoms with Gasteiger partial charge < -0.3 is 24.4 Å². The van der Waals surface area contributed by atoms with Crippen molar-refractivity contribution < 1.29 is 28.6 Å². The first-order valence-corrected chi connectivity index (χ1v) is 9.13. The van der Waals surface area contributed by atoms with E-state index in [-0.39, 0.29) is 32.0 Å². The highest BCUT2D eigenvalue weighted by atomic mass is 16.7. The lowest BCUT2D eigenvalue weighted by Gasteiger charge is -2.22. The van der Waals surface area contributed by atoms with Gasteiger partial charge >= 0.3 is 5.97 Å². The minimum atomic E-state index is -0.643. The van der Waals surface area contributed by atoms with E-state index in [2.05, 4.69) is 10.5 Å². The molecule has 3 rings (SSSR count). The lowest BCUT2D eigenvalue weighted by Crippen LogP contribution is -2.38. The molecule has 0 radical (unpaired) electrons. The Bertz CT molecular complexity index is 712. The minimum Gasteiger partial charge on any atom is -0.454 e. The molecule has 146 valence electrons. The van der Waals surface area contributed by atoms with Crippen molar-refractivity contribution in [2.45, 2.75) is 45.1 Å². The second-order valence-electron chi connectivity index (χ2n) is 6.58. The normalized spacial score (nSPS) is 16.7. The second-order valence-corrected chi connectivity index (χ2v) is 6.58. The molecule has 2 aliphatic rings. The molecule has 0 saturated heterocycles. The predicted molar refractivity (Wildman–Crippen MR) is 96.7 cm³/mol. The molecular weight excluding hydrogens is 352 g/mol. The molecule has 27 heavy (non-hydrogen) atoms. The van der Waals surface area contributed by atoms with E-state index >= 15 is 0 Å². The third-order valence-corrected chi connectivity index (χ3v) is 4.51. The summed E-state index contributed by atoms with van der Waals surface area (Å²) in [6.07, 6.45) is 5.43. The summed E-state index contributed by atoms with van der Waals surface area (Å²) in [6, 6.07) is 5.59. The Morgan fingerprint density at radius 2 is 1.93 bits per heavy atom. The molecule has 8 nitrogen and oxygen atoms in total. The van der Waals surface area contributed by atoms with Gasteiger partial charge in [-0.05, 0) is 38.0 Å². The molecule has 1 heterocycles. The number of hydrogen-bond acceptors (Lipinski definition) is 7. The largest absolute Gasteiger partial charge is 0.454 e. The molecule has 1 amide bonds. The van der Waals surface area contributed by atoms with Gasteiger partial charge in [-0.3, -0.25) is 4.79 Å². The number of ether oxygens (including phenoxy) is 3. The van der Waals surface area contributed by atoms with Gasteiger partial charge in [0.25, 0.3) is 5.91 Å². The van der Waals surface area contributed by atoms with Crippen LogP contribution in [-0.4, -0.2) is 43.6 Å². The van der Waals surface area contributed by atoms with Gasteiger partial charge in [0.15, 0.2) is 18.1 Å². The van der Waals surface area contributed by atoms with Crippen molar-refractivity contribution in [1.82, 2.24) is 5.32 Å². The molecule has 1 aromatic carbocycles. The van der Waals surface area contributed by atoms with Crippen LogP contribution in [0.2, 0.25) is 0 Å². The Labute approximate surface area is 157 Å². The maximum Gasteiger partial charge on any atom is 0.347 e. The highest BCUT2D eigenvalue weighted by Gasteiger charge is 2.17. The lowest BCUT2D eigenvalue weighted by atomic mass is 9.95. The van der Waals surface area contributed by atoms with Gasteiger partial charge in [0.2, 0.25) is 13.4 Å². The van der Waals surface area contributed by atoms with Crippen LogP contribution < -0.4 is 14.8 Å². The highest BCUT2D eigenvalue weighted by molar-refractivity contribution is 5.99. The van der Waals surface area contributed by atoms with E-state index in [4.69, 9.17) is 19.0 Å². The number of fused-ring (bicyclic) bond motifs is 1. The average Bonchev–Trinajstić information content (AvgIpc) is 3.15. The first-order valence-electron chi connectivity index (χ1n) is 9.13. The third-order valence-electron chi connectivity index (χ3n) is 4.51. The van der Waals surface area contributed by atoms with Crippen LogP contribution in [0.3, 0.4) is 0 Å². The third kappa shape index (κ3) is 5.60. The van der Waals surface area contributed by atoms with Gasteiger partial charge in [0.1, 0.15) is 0 Å². The molecule has 0 spiro atoms. The van der Waals surface area contributed by atoms with Crippen molar-refractivity contribution in [3.05, 3.63) is 23.8 Å². The lowest BCUT2D eigenvalue weighted by molar-refractivity contribution is -0.153. The van der Waals surface area contributed by atoms with Crippen molar-refractivity contribution in [2.75, 3.05) is 20.0 Å². The fourth-order valence-corrected chi connectivity index (χ4v) is 3.06. The molecule has 1 aliphatic heterocycles. The number of nitrogens with zero attached hydrogens (tertiary/aromatic N) is 1. The zero-order chi connectivity index (χ0) is 19.1. The van der Waals surface area contributed by atoms with Gasteiger partial charge in [0, 0.05) is 11.6 Å². The molecule has 1 saturated carbocycles. The molecule has 0 unspecified atom stereocenters. The maximum atomic E-state index is 11.8. The van der Waals surface area contributed by atoms with Gasteiger partial charge in [-0.25, -0.2) is 4.79 Å². The zero-order valence-corrected chi connectivity index (χ0v) is 15.4. The number of oxime groups is 1. The number of hydrogen-bond donors (Lipinski definition) is 1. The summed E-state index contributed by atoms with van der Waals surface area (Å²) in [5.41, 5.74) is 1.37. The Morgan fingerprint density at radius 1 is 1.15 bits per heavy atom. The first kappa shape index (κ1) is 19.0. The van der Waals surface area contributed by atoms with E-state index in [0.717, 1.165) is 31.2 Å².